The van der Waals surface area contributed by atoms with Gasteiger partial charge in [0.25, 0.3) is 0 Å². The van der Waals surface area contributed by atoms with Crippen LogP contribution in [-0.2, 0) is 4.79 Å². The molecule has 1 amide bonds. The van der Waals surface area contributed by atoms with Crippen molar-refractivity contribution in [1.29, 1.82) is 0 Å². The average molecular weight is 308 g/mol. The van der Waals surface area contributed by atoms with Gasteiger partial charge in [-0.2, -0.15) is 0 Å². The van der Waals surface area contributed by atoms with Crippen LogP contribution in [0.1, 0.15) is 30.5 Å². The largest absolute Gasteiger partial charge is 0.324 e. The molecule has 0 saturated carbocycles. The number of benzene rings is 2. The molecule has 23 heavy (non-hydrogen) atoms. The number of amides is 1. The summed E-state index contributed by atoms with van der Waals surface area (Å²) in [5, 5.41) is 11.3. The van der Waals surface area contributed by atoms with E-state index in [9.17, 15) is 4.79 Å². The molecule has 118 valence electrons. The van der Waals surface area contributed by atoms with E-state index in [2.05, 4.69) is 21.7 Å². The van der Waals surface area contributed by atoms with Crippen molar-refractivity contribution in [2.45, 2.75) is 33.2 Å². The number of nitrogens with zero attached hydrogens (tertiary/aromatic N) is 3. The molecular formula is C18H20N4O. The van der Waals surface area contributed by atoms with Crippen molar-refractivity contribution in [3.05, 3.63) is 53.6 Å². The molecule has 0 fully saturated rings. The summed E-state index contributed by atoms with van der Waals surface area (Å²) < 4.78 is 1.70. The van der Waals surface area contributed by atoms with Crippen LogP contribution in [0, 0.1) is 13.8 Å². The molecule has 1 atom stereocenters. The fraction of sp³-hybridized carbons (Fsp3) is 0.278. The van der Waals surface area contributed by atoms with Crippen molar-refractivity contribution >= 4 is 22.6 Å². The summed E-state index contributed by atoms with van der Waals surface area (Å²) in [5.41, 5.74) is 4.73. The lowest BCUT2D eigenvalue weighted by molar-refractivity contribution is -0.119. The summed E-state index contributed by atoms with van der Waals surface area (Å²) in [5.74, 6) is -0.0758. The van der Waals surface area contributed by atoms with Crippen molar-refractivity contribution in [2.75, 3.05) is 5.32 Å². The molecule has 1 heterocycles. The molecule has 5 nitrogen and oxygen atoms in total. The van der Waals surface area contributed by atoms with Crippen LogP contribution in [0.25, 0.3) is 11.0 Å². The second-order valence-corrected chi connectivity index (χ2v) is 5.81. The number of rotatable bonds is 4. The Morgan fingerprint density at radius 2 is 1.87 bits per heavy atom. The van der Waals surface area contributed by atoms with E-state index in [-0.39, 0.29) is 11.9 Å². The van der Waals surface area contributed by atoms with Crippen LogP contribution in [0.5, 0.6) is 0 Å². The maximum Gasteiger partial charge on any atom is 0.249 e. The topological polar surface area (TPSA) is 59.8 Å². The molecule has 0 spiro atoms. The van der Waals surface area contributed by atoms with E-state index in [4.69, 9.17) is 0 Å². The molecule has 0 bridgehead atoms. The minimum atomic E-state index is -0.386. The van der Waals surface area contributed by atoms with Gasteiger partial charge < -0.3 is 5.32 Å². The summed E-state index contributed by atoms with van der Waals surface area (Å²) >= 11 is 0. The van der Waals surface area contributed by atoms with Gasteiger partial charge in [-0.15, -0.1) is 5.10 Å². The molecule has 0 aliphatic rings. The van der Waals surface area contributed by atoms with E-state index >= 15 is 0 Å². The molecule has 1 unspecified atom stereocenters. The minimum absolute atomic E-state index is 0.0758. The van der Waals surface area contributed by atoms with Crippen LogP contribution in [0.15, 0.2) is 42.5 Å². The Labute approximate surface area is 135 Å². The summed E-state index contributed by atoms with van der Waals surface area (Å²) in [6.45, 7) is 6.01. The minimum Gasteiger partial charge on any atom is -0.324 e. The molecular weight excluding hydrogens is 288 g/mol. The summed E-state index contributed by atoms with van der Waals surface area (Å²) in [7, 11) is 0. The Bertz CT molecular complexity index is 833. The first-order valence-corrected chi connectivity index (χ1v) is 7.77. The Kier molecular flexibility index (Phi) is 4.10. The van der Waals surface area contributed by atoms with Crippen molar-refractivity contribution in [3.63, 3.8) is 0 Å². The number of carbonyl (C=O) groups excluding carboxylic acids is 1. The highest BCUT2D eigenvalue weighted by molar-refractivity contribution is 5.94. The van der Waals surface area contributed by atoms with Crippen molar-refractivity contribution in [3.8, 4) is 0 Å². The predicted molar refractivity (Wildman–Crippen MR) is 91.4 cm³/mol. The number of fused-ring (bicyclic) bond motifs is 1. The second kappa shape index (κ2) is 6.20. The van der Waals surface area contributed by atoms with E-state index in [1.54, 1.807) is 4.68 Å². The van der Waals surface area contributed by atoms with Crippen LogP contribution in [0.3, 0.4) is 0 Å². The highest BCUT2D eigenvalue weighted by Crippen LogP contribution is 2.21. The monoisotopic (exact) mass is 308 g/mol. The van der Waals surface area contributed by atoms with E-state index in [0.29, 0.717) is 6.42 Å². The lowest BCUT2D eigenvalue weighted by Gasteiger charge is -2.16. The number of para-hydroxylation sites is 1. The molecule has 3 aromatic rings. The van der Waals surface area contributed by atoms with Crippen LogP contribution in [-0.4, -0.2) is 20.9 Å². The third-order valence-electron chi connectivity index (χ3n) is 3.85. The molecule has 3 rings (SSSR count). The Balaban J connectivity index is 1.89. The quantitative estimate of drug-likeness (QED) is 0.800. The van der Waals surface area contributed by atoms with Gasteiger partial charge in [0, 0.05) is 5.69 Å². The van der Waals surface area contributed by atoms with Gasteiger partial charge in [0.2, 0.25) is 5.91 Å². The first-order chi connectivity index (χ1) is 11.1. The highest BCUT2D eigenvalue weighted by atomic mass is 16.2. The maximum absolute atomic E-state index is 12.7. The summed E-state index contributed by atoms with van der Waals surface area (Å²) in [6, 6.07) is 13.3. The molecule has 0 saturated heterocycles. The van der Waals surface area contributed by atoms with Crippen molar-refractivity contribution in [2.24, 2.45) is 0 Å². The molecule has 0 aliphatic heterocycles. The number of anilines is 1. The number of aryl methyl sites for hydroxylation is 2. The van der Waals surface area contributed by atoms with Crippen molar-refractivity contribution < 1.29 is 4.79 Å². The lowest BCUT2D eigenvalue weighted by Crippen LogP contribution is -2.26. The fourth-order valence-corrected chi connectivity index (χ4v) is 2.86. The third-order valence-corrected chi connectivity index (χ3v) is 3.85. The van der Waals surface area contributed by atoms with Gasteiger partial charge in [-0.25, -0.2) is 4.68 Å². The van der Waals surface area contributed by atoms with Gasteiger partial charge >= 0.3 is 0 Å². The normalized spacial score (nSPS) is 12.3. The summed E-state index contributed by atoms with van der Waals surface area (Å²) in [6.07, 6.45) is 0.643. The molecule has 2 aromatic carbocycles. The van der Waals surface area contributed by atoms with Crippen LogP contribution < -0.4 is 5.32 Å². The Hall–Kier alpha value is -2.69. The van der Waals surface area contributed by atoms with Gasteiger partial charge in [0.15, 0.2) is 0 Å². The highest BCUT2D eigenvalue weighted by Gasteiger charge is 2.22. The number of hydrogen-bond donors (Lipinski definition) is 1. The summed E-state index contributed by atoms with van der Waals surface area (Å²) in [4.78, 5) is 12.7. The number of hydrogen-bond acceptors (Lipinski definition) is 3. The van der Waals surface area contributed by atoms with E-state index < -0.39 is 0 Å². The zero-order valence-electron chi connectivity index (χ0n) is 13.6. The SMILES string of the molecule is CCC(C(=O)Nc1cc(C)cc(C)c1)n1nnc2ccccc21. The standard InChI is InChI=1S/C18H20N4O/c1-4-16(22-17-8-6-5-7-15(17)20-21-22)18(23)19-14-10-12(2)9-13(3)11-14/h5-11,16H,4H2,1-3H3,(H,19,23). The van der Waals surface area contributed by atoms with E-state index in [1.807, 2.05) is 57.2 Å². The molecule has 0 radical (unpaired) electrons. The molecule has 1 N–H and O–H groups in total. The number of nitrogens with one attached hydrogen (secondary N) is 1. The Morgan fingerprint density at radius 3 is 2.57 bits per heavy atom. The number of carbonyl (C=O) groups is 1. The van der Waals surface area contributed by atoms with E-state index in [1.165, 1.54) is 0 Å². The zero-order chi connectivity index (χ0) is 16.4. The van der Waals surface area contributed by atoms with Gasteiger partial charge in [-0.05, 0) is 55.7 Å². The van der Waals surface area contributed by atoms with Gasteiger partial charge in [-0.3, -0.25) is 4.79 Å². The molecule has 5 heteroatoms. The lowest BCUT2D eigenvalue weighted by atomic mass is 10.1. The van der Waals surface area contributed by atoms with Gasteiger partial charge in [0.1, 0.15) is 11.6 Å². The zero-order valence-corrected chi connectivity index (χ0v) is 13.6. The van der Waals surface area contributed by atoms with Gasteiger partial charge in [0.05, 0.1) is 5.52 Å². The molecule has 0 aliphatic carbocycles. The average Bonchev–Trinajstić information content (AvgIpc) is 2.91. The number of aromatic nitrogens is 3. The van der Waals surface area contributed by atoms with E-state index in [0.717, 1.165) is 27.8 Å². The molecule has 1 aromatic heterocycles. The second-order valence-electron chi connectivity index (χ2n) is 5.81. The van der Waals surface area contributed by atoms with Crippen LogP contribution >= 0.6 is 0 Å². The van der Waals surface area contributed by atoms with Crippen LogP contribution in [0.4, 0.5) is 5.69 Å². The van der Waals surface area contributed by atoms with Crippen LogP contribution in [0.2, 0.25) is 0 Å². The predicted octanol–water partition coefficient (Wildman–Crippen LogP) is 3.64. The van der Waals surface area contributed by atoms with Crippen molar-refractivity contribution in [1.82, 2.24) is 15.0 Å². The first-order valence-electron chi connectivity index (χ1n) is 7.77. The first kappa shape index (κ1) is 15.2. The third kappa shape index (κ3) is 3.08. The van der Waals surface area contributed by atoms with Gasteiger partial charge in [-0.1, -0.05) is 30.3 Å². The smallest absolute Gasteiger partial charge is 0.249 e. The maximum atomic E-state index is 12.7. The fourth-order valence-electron chi connectivity index (χ4n) is 2.86. The Morgan fingerprint density at radius 1 is 1.17 bits per heavy atom.